The maximum Gasteiger partial charge on any atom is 0.314 e. The summed E-state index contributed by atoms with van der Waals surface area (Å²) in [4.78, 5) is 11.8. The lowest BCUT2D eigenvalue weighted by Gasteiger charge is -2.09. The van der Waals surface area contributed by atoms with Crippen LogP contribution in [0.3, 0.4) is 0 Å². The van der Waals surface area contributed by atoms with E-state index in [0.29, 0.717) is 17.9 Å². The molecule has 0 saturated carbocycles. The highest BCUT2D eigenvalue weighted by molar-refractivity contribution is 5.75. The van der Waals surface area contributed by atoms with Gasteiger partial charge in [0.2, 0.25) is 0 Å². The van der Waals surface area contributed by atoms with Crippen LogP contribution in [0.25, 0.3) is 0 Å². The van der Waals surface area contributed by atoms with E-state index in [1.807, 2.05) is 26.0 Å². The van der Waals surface area contributed by atoms with Gasteiger partial charge < -0.3 is 9.84 Å². The first-order valence-corrected chi connectivity index (χ1v) is 10.6. The van der Waals surface area contributed by atoms with E-state index in [4.69, 9.17) is 4.74 Å². The first kappa shape index (κ1) is 22.6. The summed E-state index contributed by atoms with van der Waals surface area (Å²) in [6.07, 6.45) is 8.16. The lowest BCUT2D eigenvalue weighted by atomic mass is 10.1. The van der Waals surface area contributed by atoms with Gasteiger partial charge in [0.15, 0.2) is 0 Å². The zero-order valence-corrected chi connectivity index (χ0v) is 17.7. The molecule has 156 valence electrons. The van der Waals surface area contributed by atoms with Crippen molar-refractivity contribution in [1.29, 1.82) is 0 Å². The number of ether oxygens (including phenoxy) is 1. The van der Waals surface area contributed by atoms with Crippen LogP contribution in [0.1, 0.15) is 64.9 Å². The summed E-state index contributed by atoms with van der Waals surface area (Å²) in [5.41, 5.74) is 2.36. The number of aryl methyl sites for hydroxylation is 1. The number of nitrogens with zero attached hydrogens (tertiary/aromatic N) is 2. The number of carbonyl (C=O) groups is 1. The third kappa shape index (κ3) is 7.68. The van der Waals surface area contributed by atoms with Crippen molar-refractivity contribution in [2.75, 3.05) is 0 Å². The van der Waals surface area contributed by atoms with Gasteiger partial charge in [0.25, 0.3) is 0 Å². The molecular formula is C24H32N2O3. The summed E-state index contributed by atoms with van der Waals surface area (Å²) < 4.78 is 5.26. The Labute approximate surface area is 173 Å². The molecule has 1 unspecified atom stereocenters. The monoisotopic (exact) mass is 396 g/mol. The Morgan fingerprint density at radius 1 is 1.00 bits per heavy atom. The number of hydrogen-bond acceptors (Lipinski definition) is 5. The van der Waals surface area contributed by atoms with E-state index in [-0.39, 0.29) is 17.6 Å². The third-order valence-electron chi connectivity index (χ3n) is 4.96. The van der Waals surface area contributed by atoms with Gasteiger partial charge in [-0.3, -0.25) is 4.79 Å². The molecule has 1 N–H and O–H groups in total. The summed E-state index contributed by atoms with van der Waals surface area (Å²) in [5, 5.41) is 18.4. The molecule has 0 fully saturated rings. The van der Waals surface area contributed by atoms with Crippen molar-refractivity contribution in [3.63, 3.8) is 0 Å². The van der Waals surface area contributed by atoms with Crippen LogP contribution in [0.15, 0.2) is 52.7 Å². The minimum Gasteiger partial charge on any atom is -0.505 e. The van der Waals surface area contributed by atoms with Gasteiger partial charge in [0.05, 0.1) is 11.6 Å². The highest BCUT2D eigenvalue weighted by Gasteiger charge is 2.14. The Kier molecular flexibility index (Phi) is 9.35. The lowest BCUT2D eigenvalue weighted by molar-refractivity contribution is -0.138. The van der Waals surface area contributed by atoms with E-state index < -0.39 is 0 Å². The number of unbranched alkanes of at least 4 members (excludes halogenated alkanes) is 4. The molecule has 0 spiro atoms. The van der Waals surface area contributed by atoms with Gasteiger partial charge in [-0.1, -0.05) is 58.6 Å². The molecule has 2 aromatic rings. The van der Waals surface area contributed by atoms with Crippen molar-refractivity contribution in [3.8, 4) is 11.5 Å². The highest BCUT2D eigenvalue weighted by Crippen LogP contribution is 2.32. The van der Waals surface area contributed by atoms with Crippen molar-refractivity contribution < 1.29 is 14.6 Å². The third-order valence-corrected chi connectivity index (χ3v) is 4.96. The quantitative estimate of drug-likeness (QED) is 0.188. The number of hydrogen-bond donors (Lipinski definition) is 1. The number of carbonyl (C=O) groups excluding carboxylic acids is 1. The van der Waals surface area contributed by atoms with Crippen molar-refractivity contribution in [3.05, 3.63) is 48.0 Å². The normalized spacial score (nSPS) is 12.2. The molecule has 0 saturated heterocycles. The van der Waals surface area contributed by atoms with Crippen molar-refractivity contribution >= 4 is 17.3 Å². The number of rotatable bonds is 11. The molecule has 5 nitrogen and oxygen atoms in total. The number of aromatic hydroxyl groups is 1. The molecule has 0 amide bonds. The highest BCUT2D eigenvalue weighted by atomic mass is 16.5. The zero-order valence-electron chi connectivity index (χ0n) is 17.7. The van der Waals surface area contributed by atoms with Gasteiger partial charge in [0, 0.05) is 6.07 Å². The average molecular weight is 397 g/mol. The van der Waals surface area contributed by atoms with E-state index in [1.54, 1.807) is 12.1 Å². The van der Waals surface area contributed by atoms with E-state index in [9.17, 15) is 9.90 Å². The Bertz CT molecular complexity index is 800. The maximum atomic E-state index is 11.8. The van der Waals surface area contributed by atoms with Crippen molar-refractivity contribution in [1.82, 2.24) is 0 Å². The summed E-state index contributed by atoms with van der Waals surface area (Å²) in [6.45, 7) is 5.96. The van der Waals surface area contributed by atoms with E-state index in [1.165, 1.54) is 43.7 Å². The van der Waals surface area contributed by atoms with Gasteiger partial charge >= 0.3 is 5.97 Å². The SMILES string of the molecule is CCCCCCCc1ccc(N=Nc2ccc(OC(=O)C(C)CC)cc2O)cc1. The summed E-state index contributed by atoms with van der Waals surface area (Å²) in [7, 11) is 0. The van der Waals surface area contributed by atoms with Crippen LogP contribution in [0.5, 0.6) is 11.5 Å². The van der Waals surface area contributed by atoms with Crippen LogP contribution in [0.4, 0.5) is 11.4 Å². The lowest BCUT2D eigenvalue weighted by Crippen LogP contribution is -2.16. The van der Waals surface area contributed by atoms with Gasteiger partial charge in [-0.2, -0.15) is 5.11 Å². The average Bonchev–Trinajstić information content (AvgIpc) is 2.73. The molecule has 0 aliphatic heterocycles. The molecule has 0 heterocycles. The molecule has 2 aromatic carbocycles. The molecule has 2 rings (SSSR count). The van der Waals surface area contributed by atoms with Crippen LogP contribution in [-0.2, 0) is 11.2 Å². The first-order chi connectivity index (χ1) is 14.0. The Balaban J connectivity index is 1.91. The molecule has 0 aromatic heterocycles. The number of azo groups is 1. The Morgan fingerprint density at radius 2 is 1.72 bits per heavy atom. The standard InChI is InChI=1S/C24H32N2O3/c1-4-6-7-8-9-10-19-11-13-20(14-12-19)25-26-22-16-15-21(17-23(22)27)29-24(28)18(3)5-2/h11-18,27H,4-10H2,1-3H3. The fourth-order valence-corrected chi connectivity index (χ4v) is 2.81. The largest absolute Gasteiger partial charge is 0.505 e. The van der Waals surface area contributed by atoms with Crippen molar-refractivity contribution in [2.24, 2.45) is 16.1 Å². The predicted octanol–water partition coefficient (Wildman–Crippen LogP) is 7.27. The number of phenols is 1. The minimum absolute atomic E-state index is 0.0769. The van der Waals surface area contributed by atoms with Crippen LogP contribution < -0.4 is 4.74 Å². The van der Waals surface area contributed by atoms with E-state index in [2.05, 4.69) is 29.3 Å². The van der Waals surface area contributed by atoms with Crippen LogP contribution >= 0.6 is 0 Å². The topological polar surface area (TPSA) is 71.2 Å². The molecule has 0 radical (unpaired) electrons. The molecular weight excluding hydrogens is 364 g/mol. The fraction of sp³-hybridized carbons (Fsp3) is 0.458. The second kappa shape index (κ2) is 12.0. The second-order valence-electron chi connectivity index (χ2n) is 7.41. The predicted molar refractivity (Wildman–Crippen MR) is 116 cm³/mol. The van der Waals surface area contributed by atoms with Gasteiger partial charge in [-0.05, 0) is 49.1 Å². The molecule has 5 heteroatoms. The van der Waals surface area contributed by atoms with Gasteiger partial charge in [-0.25, -0.2) is 0 Å². The smallest absolute Gasteiger partial charge is 0.314 e. The summed E-state index contributed by atoms with van der Waals surface area (Å²) in [5.74, 6) is -0.274. The van der Waals surface area contributed by atoms with Gasteiger partial charge in [0.1, 0.15) is 17.2 Å². The summed E-state index contributed by atoms with van der Waals surface area (Å²) >= 11 is 0. The number of phenolic OH excluding ortho intramolecular Hbond substituents is 1. The van der Waals surface area contributed by atoms with Crippen molar-refractivity contribution in [2.45, 2.75) is 65.7 Å². The Morgan fingerprint density at radius 3 is 2.38 bits per heavy atom. The van der Waals surface area contributed by atoms with E-state index >= 15 is 0 Å². The van der Waals surface area contributed by atoms with Crippen LogP contribution in [0, 0.1) is 5.92 Å². The van der Waals surface area contributed by atoms with Crippen LogP contribution in [-0.4, -0.2) is 11.1 Å². The van der Waals surface area contributed by atoms with Gasteiger partial charge in [-0.15, -0.1) is 5.11 Å². The van der Waals surface area contributed by atoms with Crippen LogP contribution in [0.2, 0.25) is 0 Å². The number of esters is 1. The molecule has 0 bridgehead atoms. The maximum absolute atomic E-state index is 11.8. The molecule has 29 heavy (non-hydrogen) atoms. The minimum atomic E-state index is -0.313. The number of benzene rings is 2. The zero-order chi connectivity index (χ0) is 21.1. The molecule has 0 aliphatic carbocycles. The Hall–Kier alpha value is -2.69. The second-order valence-corrected chi connectivity index (χ2v) is 7.41. The first-order valence-electron chi connectivity index (χ1n) is 10.6. The molecule has 1 atom stereocenters. The molecule has 0 aliphatic rings. The summed E-state index contributed by atoms with van der Waals surface area (Å²) in [6, 6.07) is 12.6. The van der Waals surface area contributed by atoms with E-state index in [0.717, 1.165) is 12.1 Å². The fourth-order valence-electron chi connectivity index (χ4n) is 2.81.